The van der Waals surface area contributed by atoms with Gasteiger partial charge in [0.2, 0.25) is 0 Å². The number of alkyl halides is 1. The molecule has 1 N–H and O–H groups in total. The Morgan fingerprint density at radius 3 is 2.50 bits per heavy atom. The van der Waals surface area contributed by atoms with Crippen LogP contribution in [0, 0.1) is 5.82 Å². The molecule has 5 heteroatoms. The number of carbonyl (C=O) groups excluding carboxylic acids is 1. The summed E-state index contributed by atoms with van der Waals surface area (Å²) >= 11 is 8.82. The first kappa shape index (κ1) is 15.0. The highest BCUT2D eigenvalue weighted by molar-refractivity contribution is 9.10. The van der Waals surface area contributed by atoms with E-state index in [1.165, 1.54) is 12.1 Å². The molecule has 2 rings (SSSR count). The lowest BCUT2D eigenvalue weighted by molar-refractivity contribution is 0.102. The molecule has 0 fully saturated rings. The number of amides is 1. The van der Waals surface area contributed by atoms with Crippen molar-refractivity contribution < 1.29 is 9.18 Å². The summed E-state index contributed by atoms with van der Waals surface area (Å²) in [5, 5.41) is 2.72. The van der Waals surface area contributed by atoms with Gasteiger partial charge in [0.25, 0.3) is 5.91 Å². The molecular weight excluding hydrogens is 345 g/mol. The summed E-state index contributed by atoms with van der Waals surface area (Å²) in [6.07, 6.45) is 0.784. The lowest BCUT2D eigenvalue weighted by atomic mass is 10.1. The van der Waals surface area contributed by atoms with E-state index < -0.39 is 5.82 Å². The van der Waals surface area contributed by atoms with Crippen LogP contribution in [0.5, 0.6) is 0 Å². The first-order chi connectivity index (χ1) is 9.58. The number of anilines is 1. The fourth-order valence-electron chi connectivity index (χ4n) is 1.75. The smallest absolute Gasteiger partial charge is 0.255 e. The molecule has 0 saturated heterocycles. The maximum absolute atomic E-state index is 13.2. The molecule has 0 aliphatic heterocycles. The van der Waals surface area contributed by atoms with E-state index in [2.05, 4.69) is 21.2 Å². The minimum Gasteiger partial charge on any atom is -0.322 e. The minimum absolute atomic E-state index is 0.265. The maximum atomic E-state index is 13.2. The summed E-state index contributed by atoms with van der Waals surface area (Å²) < 4.78 is 13.8. The zero-order valence-corrected chi connectivity index (χ0v) is 12.8. The highest BCUT2D eigenvalue weighted by atomic mass is 79.9. The quantitative estimate of drug-likeness (QED) is 0.796. The summed E-state index contributed by atoms with van der Waals surface area (Å²) in [6, 6.07) is 11.5. The van der Waals surface area contributed by atoms with Crippen LogP contribution in [0.4, 0.5) is 10.1 Å². The van der Waals surface area contributed by atoms with E-state index >= 15 is 0 Å². The fourth-order valence-corrected chi connectivity index (χ4v) is 2.44. The van der Waals surface area contributed by atoms with Crippen molar-refractivity contribution in [3.05, 3.63) is 63.9 Å². The molecule has 0 radical (unpaired) electrons. The highest BCUT2D eigenvalue weighted by Gasteiger charge is 2.08. The average Bonchev–Trinajstić information content (AvgIpc) is 2.40. The van der Waals surface area contributed by atoms with Gasteiger partial charge in [0, 0.05) is 21.6 Å². The van der Waals surface area contributed by atoms with Crippen molar-refractivity contribution in [2.75, 3.05) is 11.2 Å². The number of nitrogens with one attached hydrogen (secondary N) is 1. The van der Waals surface area contributed by atoms with Gasteiger partial charge in [-0.1, -0.05) is 28.1 Å². The molecule has 104 valence electrons. The Morgan fingerprint density at radius 2 is 1.90 bits per heavy atom. The molecule has 0 aromatic heterocycles. The number of aryl methyl sites for hydroxylation is 1. The van der Waals surface area contributed by atoms with Crippen LogP contribution in [-0.2, 0) is 6.42 Å². The third kappa shape index (κ3) is 4.05. The number of hydrogen-bond acceptors (Lipinski definition) is 1. The number of halogens is 3. The van der Waals surface area contributed by atoms with Crippen molar-refractivity contribution in [2.24, 2.45) is 0 Å². The summed E-state index contributed by atoms with van der Waals surface area (Å²) in [6.45, 7) is 0. The monoisotopic (exact) mass is 355 g/mol. The van der Waals surface area contributed by atoms with Gasteiger partial charge < -0.3 is 5.32 Å². The molecular formula is C15H12BrClFNO. The maximum Gasteiger partial charge on any atom is 0.255 e. The zero-order valence-electron chi connectivity index (χ0n) is 10.5. The van der Waals surface area contributed by atoms with Crippen LogP contribution in [0.15, 0.2) is 46.9 Å². The third-order valence-corrected chi connectivity index (χ3v) is 3.37. The fraction of sp³-hybridized carbons (Fsp3) is 0.133. The average molecular weight is 357 g/mol. The van der Waals surface area contributed by atoms with Gasteiger partial charge in [0.1, 0.15) is 5.82 Å². The summed E-state index contributed by atoms with van der Waals surface area (Å²) in [5.74, 6) is -0.250. The molecule has 0 unspecified atom stereocenters. The molecule has 0 atom stereocenters. The Balaban J connectivity index is 2.10. The summed E-state index contributed by atoms with van der Waals surface area (Å²) in [7, 11) is 0. The Kier molecular flexibility index (Phi) is 5.15. The first-order valence-electron chi connectivity index (χ1n) is 6.01. The molecule has 0 bridgehead atoms. The van der Waals surface area contributed by atoms with Crippen molar-refractivity contribution in [3.8, 4) is 0 Å². The Labute approximate surface area is 130 Å². The number of benzene rings is 2. The first-order valence-corrected chi connectivity index (χ1v) is 7.33. The molecule has 0 aliphatic carbocycles. The molecule has 0 saturated carbocycles. The van der Waals surface area contributed by atoms with Gasteiger partial charge in [-0.05, 0) is 42.3 Å². The second-order valence-electron chi connectivity index (χ2n) is 4.25. The normalized spacial score (nSPS) is 10.3. The lowest BCUT2D eigenvalue weighted by Gasteiger charge is -2.07. The van der Waals surface area contributed by atoms with E-state index in [0.717, 1.165) is 12.0 Å². The predicted molar refractivity (Wildman–Crippen MR) is 82.9 cm³/mol. The SMILES string of the molecule is O=C(Nc1ccc(CCCl)cc1)c1cc(F)cc(Br)c1. The number of rotatable bonds is 4. The second-order valence-corrected chi connectivity index (χ2v) is 5.54. The van der Waals surface area contributed by atoms with Crippen molar-refractivity contribution in [1.29, 1.82) is 0 Å². The highest BCUT2D eigenvalue weighted by Crippen LogP contribution is 2.17. The van der Waals surface area contributed by atoms with E-state index in [0.29, 0.717) is 16.0 Å². The van der Waals surface area contributed by atoms with Crippen LogP contribution >= 0.6 is 27.5 Å². The van der Waals surface area contributed by atoms with E-state index in [1.54, 1.807) is 18.2 Å². The molecule has 2 aromatic carbocycles. The van der Waals surface area contributed by atoms with Gasteiger partial charge in [0.05, 0.1) is 0 Å². The van der Waals surface area contributed by atoms with E-state index in [9.17, 15) is 9.18 Å². The zero-order chi connectivity index (χ0) is 14.5. The molecule has 20 heavy (non-hydrogen) atoms. The Bertz CT molecular complexity index is 596. The van der Waals surface area contributed by atoms with Crippen LogP contribution in [-0.4, -0.2) is 11.8 Å². The lowest BCUT2D eigenvalue weighted by Crippen LogP contribution is -2.12. The number of hydrogen-bond donors (Lipinski definition) is 1. The van der Waals surface area contributed by atoms with Crippen LogP contribution < -0.4 is 5.32 Å². The van der Waals surface area contributed by atoms with Crippen molar-refractivity contribution in [2.45, 2.75) is 6.42 Å². The predicted octanol–water partition coefficient (Wildman–Crippen LogP) is 4.62. The standard InChI is InChI=1S/C15H12BrClFNO/c16-12-7-11(8-13(18)9-12)15(20)19-14-3-1-10(2-4-14)5-6-17/h1-4,7-9H,5-6H2,(H,19,20). The molecule has 0 spiro atoms. The largest absolute Gasteiger partial charge is 0.322 e. The van der Waals surface area contributed by atoms with Crippen molar-refractivity contribution in [1.82, 2.24) is 0 Å². The summed E-state index contributed by atoms with van der Waals surface area (Å²) in [5.41, 5.74) is 2.03. The Morgan fingerprint density at radius 1 is 1.20 bits per heavy atom. The van der Waals surface area contributed by atoms with Gasteiger partial charge in [-0.3, -0.25) is 4.79 Å². The topological polar surface area (TPSA) is 29.1 Å². The van der Waals surface area contributed by atoms with Gasteiger partial charge in [-0.15, -0.1) is 11.6 Å². The van der Waals surface area contributed by atoms with Crippen LogP contribution in [0.1, 0.15) is 15.9 Å². The van der Waals surface area contributed by atoms with Gasteiger partial charge in [-0.25, -0.2) is 4.39 Å². The van der Waals surface area contributed by atoms with Gasteiger partial charge in [0.15, 0.2) is 0 Å². The van der Waals surface area contributed by atoms with Crippen LogP contribution in [0.3, 0.4) is 0 Å². The van der Waals surface area contributed by atoms with E-state index in [1.807, 2.05) is 12.1 Å². The third-order valence-electron chi connectivity index (χ3n) is 2.72. The van der Waals surface area contributed by atoms with E-state index in [4.69, 9.17) is 11.6 Å². The summed E-state index contributed by atoms with van der Waals surface area (Å²) in [4.78, 5) is 12.0. The van der Waals surface area contributed by atoms with Crippen LogP contribution in [0.25, 0.3) is 0 Å². The molecule has 2 nitrogen and oxygen atoms in total. The van der Waals surface area contributed by atoms with Crippen molar-refractivity contribution >= 4 is 39.1 Å². The Hall–Kier alpha value is -1.39. The van der Waals surface area contributed by atoms with Gasteiger partial charge in [-0.2, -0.15) is 0 Å². The second kappa shape index (κ2) is 6.86. The molecule has 2 aromatic rings. The number of carbonyl (C=O) groups is 1. The minimum atomic E-state index is -0.456. The van der Waals surface area contributed by atoms with Crippen molar-refractivity contribution in [3.63, 3.8) is 0 Å². The molecule has 1 amide bonds. The molecule has 0 heterocycles. The van der Waals surface area contributed by atoms with Gasteiger partial charge >= 0.3 is 0 Å². The van der Waals surface area contributed by atoms with Crippen LogP contribution in [0.2, 0.25) is 0 Å². The molecule has 0 aliphatic rings. The van der Waals surface area contributed by atoms with E-state index in [-0.39, 0.29) is 11.5 Å².